The van der Waals surface area contributed by atoms with E-state index in [2.05, 4.69) is 19.9 Å². The molecule has 4 rings (SSSR count). The third-order valence-electron chi connectivity index (χ3n) is 5.39. The van der Waals surface area contributed by atoms with Gasteiger partial charge >= 0.3 is 0 Å². The first-order valence-electron chi connectivity index (χ1n) is 8.92. The van der Waals surface area contributed by atoms with Crippen molar-refractivity contribution in [3.63, 3.8) is 0 Å². The Morgan fingerprint density at radius 2 is 1.96 bits per heavy atom. The molecule has 0 atom stereocenters. The van der Waals surface area contributed by atoms with Crippen molar-refractivity contribution in [1.82, 2.24) is 24.8 Å². The Balaban J connectivity index is 0.000000706. The molecule has 10 heteroatoms. The zero-order valence-corrected chi connectivity index (χ0v) is 15.4. The highest BCUT2D eigenvalue weighted by atomic mass is 16.3. The van der Waals surface area contributed by atoms with Gasteiger partial charge in [-0.3, -0.25) is 19.2 Å². The number of H-pyrrole nitrogens is 2. The molecule has 2 aromatic rings. The molecule has 0 bridgehead atoms. The Labute approximate surface area is 159 Å². The summed E-state index contributed by atoms with van der Waals surface area (Å²) < 4.78 is 0. The highest BCUT2D eigenvalue weighted by molar-refractivity contribution is 5.92. The van der Waals surface area contributed by atoms with Gasteiger partial charge in [0, 0.05) is 30.3 Å². The Kier molecular flexibility index (Phi) is 5.39. The highest BCUT2D eigenvalue weighted by Gasteiger charge is 2.44. The first-order valence-corrected chi connectivity index (χ1v) is 8.92. The SMILES string of the molecule is Cc1nc2c(c(=O)[nH]1)CCC21CCN(C(=O)c2c[nH]c(=O)cn2)CC1.O=CO. The number of carboxylic acid groups (broad SMARTS) is 1. The van der Waals surface area contributed by atoms with Crippen LogP contribution >= 0.6 is 0 Å². The van der Waals surface area contributed by atoms with Gasteiger partial charge in [-0.1, -0.05) is 0 Å². The Morgan fingerprint density at radius 3 is 2.57 bits per heavy atom. The number of nitrogens with one attached hydrogen (secondary N) is 2. The minimum Gasteiger partial charge on any atom is -0.483 e. The van der Waals surface area contributed by atoms with Gasteiger partial charge in [-0.15, -0.1) is 0 Å². The number of aromatic nitrogens is 4. The molecule has 2 aromatic heterocycles. The first-order chi connectivity index (χ1) is 13.4. The van der Waals surface area contributed by atoms with Crippen LogP contribution in [0.4, 0.5) is 0 Å². The van der Waals surface area contributed by atoms with E-state index in [1.807, 2.05) is 0 Å². The van der Waals surface area contributed by atoms with Crippen LogP contribution in [0, 0.1) is 6.92 Å². The molecule has 3 N–H and O–H groups in total. The second kappa shape index (κ2) is 7.75. The van der Waals surface area contributed by atoms with Crippen LogP contribution in [0.15, 0.2) is 22.0 Å². The van der Waals surface area contributed by atoms with E-state index in [1.54, 1.807) is 11.8 Å². The molecule has 10 nitrogen and oxygen atoms in total. The molecule has 0 aromatic carbocycles. The van der Waals surface area contributed by atoms with Gasteiger partial charge in [-0.05, 0) is 32.6 Å². The smallest absolute Gasteiger partial charge is 0.290 e. The summed E-state index contributed by atoms with van der Waals surface area (Å²) in [5, 5.41) is 6.89. The van der Waals surface area contributed by atoms with E-state index in [4.69, 9.17) is 9.90 Å². The molecule has 0 unspecified atom stereocenters. The number of hydrogen-bond donors (Lipinski definition) is 3. The number of aryl methyl sites for hydroxylation is 1. The molecule has 0 saturated carbocycles. The van der Waals surface area contributed by atoms with Crippen LogP contribution in [-0.2, 0) is 16.6 Å². The summed E-state index contributed by atoms with van der Waals surface area (Å²) in [7, 11) is 0. The molecule has 3 heterocycles. The van der Waals surface area contributed by atoms with Crippen molar-refractivity contribution < 1.29 is 14.7 Å². The fraction of sp³-hybridized carbons (Fsp3) is 0.444. The number of carbonyl (C=O) groups is 2. The van der Waals surface area contributed by atoms with E-state index < -0.39 is 0 Å². The van der Waals surface area contributed by atoms with Crippen LogP contribution in [0.5, 0.6) is 0 Å². The van der Waals surface area contributed by atoms with Crippen LogP contribution in [-0.4, -0.2) is 55.4 Å². The monoisotopic (exact) mass is 387 g/mol. The molecule has 1 aliphatic heterocycles. The summed E-state index contributed by atoms with van der Waals surface area (Å²) in [5.41, 5.74) is 1.49. The van der Waals surface area contributed by atoms with Crippen molar-refractivity contribution in [3.05, 3.63) is 55.9 Å². The summed E-state index contributed by atoms with van der Waals surface area (Å²) in [5.74, 6) is 0.459. The number of piperidine rings is 1. The maximum absolute atomic E-state index is 12.5. The summed E-state index contributed by atoms with van der Waals surface area (Å²) in [6, 6.07) is 0. The average Bonchev–Trinajstić information content (AvgIpc) is 3.01. The van der Waals surface area contributed by atoms with Crippen molar-refractivity contribution >= 4 is 12.4 Å². The lowest BCUT2D eigenvalue weighted by Crippen LogP contribution is -2.45. The van der Waals surface area contributed by atoms with E-state index in [0.29, 0.717) is 18.9 Å². The number of hydrogen-bond acceptors (Lipinski definition) is 6. The Bertz CT molecular complexity index is 984. The van der Waals surface area contributed by atoms with Crippen molar-refractivity contribution in [2.75, 3.05) is 13.1 Å². The normalized spacial score (nSPS) is 16.8. The first kappa shape index (κ1) is 19.5. The van der Waals surface area contributed by atoms with Crippen LogP contribution < -0.4 is 11.1 Å². The maximum Gasteiger partial charge on any atom is 0.290 e. The minimum absolute atomic E-state index is 0.0321. The van der Waals surface area contributed by atoms with Gasteiger partial charge in [-0.2, -0.15) is 0 Å². The third-order valence-corrected chi connectivity index (χ3v) is 5.39. The summed E-state index contributed by atoms with van der Waals surface area (Å²) in [6.45, 7) is 2.73. The molecule has 2 aliphatic rings. The zero-order valence-electron chi connectivity index (χ0n) is 15.4. The summed E-state index contributed by atoms with van der Waals surface area (Å²) in [4.78, 5) is 59.7. The molecule has 28 heavy (non-hydrogen) atoms. The maximum atomic E-state index is 12.5. The second-order valence-corrected chi connectivity index (χ2v) is 6.95. The molecular weight excluding hydrogens is 366 g/mol. The van der Waals surface area contributed by atoms with Crippen molar-refractivity contribution in [3.8, 4) is 0 Å². The number of fused-ring (bicyclic) bond motifs is 2. The van der Waals surface area contributed by atoms with Crippen molar-refractivity contribution in [2.45, 2.75) is 38.0 Å². The Morgan fingerprint density at radius 1 is 1.29 bits per heavy atom. The van der Waals surface area contributed by atoms with Crippen LogP contribution in [0.3, 0.4) is 0 Å². The topological polar surface area (TPSA) is 149 Å². The number of nitrogens with zero attached hydrogens (tertiary/aromatic N) is 3. The van der Waals surface area contributed by atoms with Crippen molar-refractivity contribution in [1.29, 1.82) is 0 Å². The quantitative estimate of drug-likeness (QED) is 0.582. The lowest BCUT2D eigenvalue weighted by molar-refractivity contribution is -0.122. The predicted octanol–water partition coefficient (Wildman–Crippen LogP) is -0.0174. The van der Waals surface area contributed by atoms with Crippen LogP contribution in [0.2, 0.25) is 0 Å². The Hall–Kier alpha value is -3.30. The standard InChI is InChI=1S/C17H19N5O3.CH2O2/c1-10-20-14-11(15(24)21-10)2-3-17(14)4-6-22(7-5-17)16(25)12-8-19-13(23)9-18-12;2-1-3/h8-9H,2-7H2,1H3,(H,19,23)(H,20,21,24);1H,(H,2,3). The lowest BCUT2D eigenvalue weighted by Gasteiger charge is -2.39. The number of rotatable bonds is 1. The molecule has 1 spiro atoms. The van der Waals surface area contributed by atoms with E-state index in [-0.39, 0.29) is 34.6 Å². The number of aromatic amines is 2. The van der Waals surface area contributed by atoms with Gasteiger partial charge in [-0.25, -0.2) is 9.97 Å². The molecule has 1 amide bonds. The van der Waals surface area contributed by atoms with Crippen LogP contribution in [0.25, 0.3) is 0 Å². The van der Waals surface area contributed by atoms with Gasteiger partial charge < -0.3 is 20.0 Å². The van der Waals surface area contributed by atoms with E-state index in [9.17, 15) is 14.4 Å². The van der Waals surface area contributed by atoms with Crippen molar-refractivity contribution in [2.24, 2.45) is 0 Å². The molecule has 148 valence electrons. The number of amides is 1. The van der Waals surface area contributed by atoms with E-state index in [0.717, 1.165) is 43.1 Å². The molecular formula is C18H21N5O5. The van der Waals surface area contributed by atoms with Gasteiger partial charge in [0.1, 0.15) is 11.5 Å². The largest absolute Gasteiger partial charge is 0.483 e. The molecule has 0 radical (unpaired) electrons. The van der Waals surface area contributed by atoms with Gasteiger partial charge in [0.05, 0.1) is 11.9 Å². The van der Waals surface area contributed by atoms with Gasteiger partial charge in [0.15, 0.2) is 0 Å². The number of likely N-dealkylation sites (tertiary alicyclic amines) is 1. The van der Waals surface area contributed by atoms with Gasteiger partial charge in [0.2, 0.25) is 0 Å². The molecule has 1 fully saturated rings. The van der Waals surface area contributed by atoms with E-state index >= 15 is 0 Å². The second-order valence-electron chi connectivity index (χ2n) is 6.95. The lowest BCUT2D eigenvalue weighted by atomic mass is 9.76. The fourth-order valence-corrected chi connectivity index (χ4v) is 4.01. The van der Waals surface area contributed by atoms with E-state index in [1.165, 1.54) is 6.20 Å². The predicted molar refractivity (Wildman–Crippen MR) is 98.3 cm³/mol. The summed E-state index contributed by atoms with van der Waals surface area (Å²) >= 11 is 0. The number of carbonyl (C=O) groups excluding carboxylic acids is 1. The summed E-state index contributed by atoms with van der Waals surface area (Å²) in [6.07, 6.45) is 5.68. The third kappa shape index (κ3) is 3.57. The molecule has 1 aliphatic carbocycles. The zero-order chi connectivity index (χ0) is 20.3. The molecule has 1 saturated heterocycles. The van der Waals surface area contributed by atoms with Crippen LogP contribution in [0.1, 0.15) is 46.8 Å². The fourth-order valence-electron chi connectivity index (χ4n) is 4.01. The van der Waals surface area contributed by atoms with Gasteiger partial charge in [0.25, 0.3) is 23.5 Å². The highest BCUT2D eigenvalue weighted by Crippen LogP contribution is 2.44. The average molecular weight is 387 g/mol. The minimum atomic E-state index is -0.330.